The first-order chi connectivity index (χ1) is 31.3. The van der Waals surface area contributed by atoms with Crippen molar-refractivity contribution in [3.8, 4) is 56.2 Å². The molecule has 13 rings (SSSR count). The van der Waals surface area contributed by atoms with Crippen molar-refractivity contribution in [1.82, 2.24) is 24.1 Å². The zero-order valence-corrected chi connectivity index (χ0v) is 33.9. The summed E-state index contributed by atoms with van der Waals surface area (Å²) in [6, 6.07) is 66.8. The lowest BCUT2D eigenvalue weighted by Gasteiger charge is -2.16. The molecule has 0 fully saturated rings. The minimum absolute atomic E-state index is 0.733. The average Bonchev–Trinajstić information content (AvgIpc) is 4.03. The Morgan fingerprint density at radius 2 is 0.889 bits per heavy atom. The van der Waals surface area contributed by atoms with E-state index >= 15 is 0 Å². The molecule has 6 heterocycles. The molecule has 6 aromatic heterocycles. The molecule has 0 bridgehead atoms. The average molecular weight is 806 g/mol. The number of para-hydroxylation sites is 4. The van der Waals surface area contributed by atoms with Gasteiger partial charge in [0.2, 0.25) is 0 Å². The van der Waals surface area contributed by atoms with Crippen molar-refractivity contribution in [3.63, 3.8) is 0 Å². The van der Waals surface area contributed by atoms with E-state index in [1.54, 1.807) is 12.4 Å². The Kier molecular flexibility index (Phi) is 7.80. The zero-order chi connectivity index (χ0) is 41.4. The van der Waals surface area contributed by atoms with Crippen LogP contribution in [0.25, 0.3) is 122 Å². The number of furan rings is 1. The van der Waals surface area contributed by atoms with Crippen LogP contribution in [0.1, 0.15) is 0 Å². The van der Waals surface area contributed by atoms with E-state index in [1.165, 1.54) is 21.5 Å². The third-order valence-corrected chi connectivity index (χ3v) is 12.5. The fraction of sp³-hybridized carbons (Fsp3) is 0. The number of nitrogens with zero attached hydrogens (tertiary/aromatic N) is 5. The Morgan fingerprint density at radius 3 is 1.43 bits per heavy atom. The fourth-order valence-electron chi connectivity index (χ4n) is 9.73. The standard InChI is InChI=1S/C57H35N5O/c1-2-14-36(15-3-1)55-54-53(38-16-12-28-58-34-38)56(39-17-13-29-59-35-39)63-57(54)47-27-26-37(32-48(47)60-55)40-30-41(61-49-22-8-4-18-43(49)44-19-5-9-23-50(44)61)33-42(31-40)62-51-24-10-6-20-45(51)46-21-7-11-25-52(46)62/h1-35H. The molecule has 0 unspecified atom stereocenters. The highest BCUT2D eigenvalue weighted by molar-refractivity contribution is 6.17. The second kappa shape index (κ2) is 14.0. The Hall–Kier alpha value is -8.61. The van der Waals surface area contributed by atoms with E-state index in [2.05, 4.69) is 183 Å². The van der Waals surface area contributed by atoms with E-state index in [0.717, 1.165) is 100 Å². The first kappa shape index (κ1) is 35.2. The molecule has 6 nitrogen and oxygen atoms in total. The molecular weight excluding hydrogens is 771 g/mol. The molecule has 0 saturated carbocycles. The van der Waals surface area contributed by atoms with E-state index in [-0.39, 0.29) is 0 Å². The van der Waals surface area contributed by atoms with Crippen molar-refractivity contribution in [1.29, 1.82) is 0 Å². The van der Waals surface area contributed by atoms with Crippen molar-refractivity contribution >= 4 is 65.5 Å². The van der Waals surface area contributed by atoms with E-state index in [9.17, 15) is 0 Å². The molecule has 7 aromatic carbocycles. The molecule has 0 aliphatic carbocycles. The van der Waals surface area contributed by atoms with Crippen LogP contribution in [-0.2, 0) is 0 Å². The number of fused-ring (bicyclic) bond motifs is 9. The van der Waals surface area contributed by atoms with Crippen molar-refractivity contribution in [2.75, 3.05) is 0 Å². The molecule has 294 valence electrons. The Labute approximate surface area is 361 Å². The van der Waals surface area contributed by atoms with E-state index in [4.69, 9.17) is 9.40 Å². The molecule has 0 atom stereocenters. The van der Waals surface area contributed by atoms with Gasteiger partial charge in [-0.25, -0.2) is 4.98 Å². The van der Waals surface area contributed by atoms with Gasteiger partial charge in [-0.05, 0) is 83.9 Å². The molecule has 0 aliphatic rings. The summed E-state index contributed by atoms with van der Waals surface area (Å²) in [5, 5.41) is 6.75. The molecule has 0 saturated heterocycles. The van der Waals surface area contributed by atoms with Gasteiger partial charge in [-0.15, -0.1) is 0 Å². The van der Waals surface area contributed by atoms with Crippen molar-refractivity contribution in [2.24, 2.45) is 0 Å². The van der Waals surface area contributed by atoms with Crippen LogP contribution >= 0.6 is 0 Å². The van der Waals surface area contributed by atoms with E-state index < -0.39 is 0 Å². The van der Waals surface area contributed by atoms with Gasteiger partial charge in [-0.1, -0.05) is 115 Å². The van der Waals surface area contributed by atoms with Crippen molar-refractivity contribution < 1.29 is 4.42 Å². The monoisotopic (exact) mass is 805 g/mol. The predicted molar refractivity (Wildman–Crippen MR) is 258 cm³/mol. The fourth-order valence-corrected chi connectivity index (χ4v) is 9.73. The summed E-state index contributed by atoms with van der Waals surface area (Å²) in [6.07, 6.45) is 7.33. The van der Waals surface area contributed by atoms with Gasteiger partial charge in [0.15, 0.2) is 0 Å². The maximum absolute atomic E-state index is 7.05. The summed E-state index contributed by atoms with van der Waals surface area (Å²) in [5.74, 6) is 0.733. The summed E-state index contributed by atoms with van der Waals surface area (Å²) < 4.78 is 11.9. The van der Waals surface area contributed by atoms with Crippen LogP contribution < -0.4 is 0 Å². The highest BCUT2D eigenvalue weighted by Gasteiger charge is 2.25. The quantitative estimate of drug-likeness (QED) is 0.168. The van der Waals surface area contributed by atoms with Gasteiger partial charge in [-0.3, -0.25) is 9.97 Å². The summed E-state index contributed by atoms with van der Waals surface area (Å²) in [6.45, 7) is 0. The van der Waals surface area contributed by atoms with Gasteiger partial charge >= 0.3 is 0 Å². The van der Waals surface area contributed by atoms with Crippen LogP contribution in [0, 0.1) is 0 Å². The van der Waals surface area contributed by atoms with Gasteiger partial charge in [0.25, 0.3) is 0 Å². The van der Waals surface area contributed by atoms with E-state index in [0.29, 0.717) is 0 Å². The van der Waals surface area contributed by atoms with Crippen LogP contribution in [0.4, 0.5) is 0 Å². The predicted octanol–water partition coefficient (Wildman–Crippen LogP) is 14.6. The smallest absolute Gasteiger partial charge is 0.147 e. The summed E-state index contributed by atoms with van der Waals surface area (Å²) in [7, 11) is 0. The summed E-state index contributed by atoms with van der Waals surface area (Å²) in [4.78, 5) is 14.6. The first-order valence-corrected chi connectivity index (χ1v) is 21.2. The summed E-state index contributed by atoms with van der Waals surface area (Å²) >= 11 is 0. The van der Waals surface area contributed by atoms with Gasteiger partial charge in [0, 0.05) is 85.3 Å². The van der Waals surface area contributed by atoms with Gasteiger partial charge in [0.05, 0.1) is 38.7 Å². The molecule has 0 radical (unpaired) electrons. The number of benzene rings is 7. The third-order valence-electron chi connectivity index (χ3n) is 12.5. The van der Waals surface area contributed by atoms with Gasteiger partial charge in [0.1, 0.15) is 11.3 Å². The van der Waals surface area contributed by atoms with Crippen LogP contribution in [0.15, 0.2) is 217 Å². The molecule has 63 heavy (non-hydrogen) atoms. The molecule has 0 aliphatic heterocycles. The number of hydrogen-bond donors (Lipinski definition) is 0. The summed E-state index contributed by atoms with van der Waals surface area (Å²) in [5.41, 5.74) is 15.1. The molecule has 13 aromatic rings. The Bertz CT molecular complexity index is 3660. The number of pyridine rings is 3. The number of hydrogen-bond acceptors (Lipinski definition) is 4. The lowest BCUT2D eigenvalue weighted by molar-refractivity contribution is 0.635. The second-order valence-electron chi connectivity index (χ2n) is 16.0. The molecule has 0 N–H and O–H groups in total. The third kappa shape index (κ3) is 5.48. The first-order valence-electron chi connectivity index (χ1n) is 21.2. The second-order valence-corrected chi connectivity index (χ2v) is 16.0. The SMILES string of the molecule is c1ccc(-c2nc3cc(-c4cc(-n5c6ccccc6c6ccccc65)cc(-n5c6ccccc6c6ccccc65)c4)ccc3c3oc(-c4cccnc4)c(-c4cccnc4)c23)cc1. The lowest BCUT2D eigenvalue weighted by Crippen LogP contribution is -2.00. The maximum Gasteiger partial charge on any atom is 0.147 e. The van der Waals surface area contributed by atoms with Crippen LogP contribution in [-0.4, -0.2) is 24.1 Å². The minimum Gasteiger partial charge on any atom is -0.455 e. The Morgan fingerprint density at radius 1 is 0.381 bits per heavy atom. The highest BCUT2D eigenvalue weighted by Crippen LogP contribution is 2.47. The molecule has 0 amide bonds. The molecule has 6 heteroatoms. The van der Waals surface area contributed by atoms with Crippen molar-refractivity contribution in [3.05, 3.63) is 213 Å². The van der Waals surface area contributed by atoms with Crippen LogP contribution in [0.5, 0.6) is 0 Å². The number of rotatable bonds is 6. The molecule has 0 spiro atoms. The highest BCUT2D eigenvalue weighted by atomic mass is 16.3. The van der Waals surface area contributed by atoms with E-state index in [1.807, 2.05) is 36.7 Å². The maximum atomic E-state index is 7.05. The zero-order valence-electron chi connectivity index (χ0n) is 33.9. The normalized spacial score (nSPS) is 11.8. The van der Waals surface area contributed by atoms with Gasteiger partial charge in [-0.2, -0.15) is 0 Å². The minimum atomic E-state index is 0.733. The topological polar surface area (TPSA) is 61.7 Å². The largest absolute Gasteiger partial charge is 0.455 e. The number of aromatic nitrogens is 5. The van der Waals surface area contributed by atoms with Crippen LogP contribution in [0.3, 0.4) is 0 Å². The Balaban J connectivity index is 1.11. The van der Waals surface area contributed by atoms with Gasteiger partial charge < -0.3 is 13.6 Å². The van der Waals surface area contributed by atoms with Crippen LogP contribution in [0.2, 0.25) is 0 Å². The lowest BCUT2D eigenvalue weighted by atomic mass is 9.95. The molecular formula is C57H35N5O. The van der Waals surface area contributed by atoms with Crippen molar-refractivity contribution in [2.45, 2.75) is 0 Å².